The molecule has 0 spiro atoms. The van der Waals surface area contributed by atoms with Gasteiger partial charge in [0.2, 0.25) is 5.88 Å². The Balaban J connectivity index is 2.46. The molecule has 1 heterocycles. The van der Waals surface area contributed by atoms with E-state index in [1.54, 1.807) is 13.2 Å². The lowest BCUT2D eigenvalue weighted by molar-refractivity contribution is 0.397. The van der Waals surface area contributed by atoms with Crippen molar-refractivity contribution in [3.05, 3.63) is 12.4 Å². The Bertz CT molecular complexity index is 309. The second kappa shape index (κ2) is 7.28. The number of hydrogen-bond acceptors (Lipinski definition) is 4. The molecule has 0 aliphatic carbocycles. The Kier molecular flexibility index (Phi) is 5.93. The third kappa shape index (κ3) is 4.23. The highest BCUT2D eigenvalue weighted by Gasteiger charge is 2.06. The molecular formula is C11H18ClN3O. The summed E-state index contributed by atoms with van der Waals surface area (Å²) in [5.41, 5.74) is 0. The van der Waals surface area contributed by atoms with E-state index in [1.807, 2.05) is 0 Å². The van der Waals surface area contributed by atoms with Crippen LogP contribution in [-0.2, 0) is 0 Å². The SMILES string of the molecule is CCC(CCCl)CNc1cc(OC)ncn1. The monoisotopic (exact) mass is 243 g/mol. The van der Waals surface area contributed by atoms with Gasteiger partial charge in [0.05, 0.1) is 7.11 Å². The predicted molar refractivity (Wildman–Crippen MR) is 66.2 cm³/mol. The van der Waals surface area contributed by atoms with Crippen molar-refractivity contribution >= 4 is 17.4 Å². The van der Waals surface area contributed by atoms with Crippen molar-refractivity contribution in [1.82, 2.24) is 9.97 Å². The molecule has 0 saturated heterocycles. The molecule has 4 nitrogen and oxygen atoms in total. The van der Waals surface area contributed by atoms with Gasteiger partial charge in [-0.25, -0.2) is 9.97 Å². The summed E-state index contributed by atoms with van der Waals surface area (Å²) in [5, 5.41) is 3.27. The molecule has 0 aromatic carbocycles. The highest BCUT2D eigenvalue weighted by molar-refractivity contribution is 6.17. The van der Waals surface area contributed by atoms with Crippen LogP contribution in [0.25, 0.3) is 0 Å². The first-order chi connectivity index (χ1) is 7.80. The first-order valence-corrected chi connectivity index (χ1v) is 5.99. The maximum atomic E-state index is 5.73. The number of anilines is 1. The molecule has 0 aliphatic heterocycles. The van der Waals surface area contributed by atoms with Crippen molar-refractivity contribution < 1.29 is 4.74 Å². The minimum Gasteiger partial charge on any atom is -0.481 e. The molecule has 1 rings (SSSR count). The van der Waals surface area contributed by atoms with Crippen molar-refractivity contribution in [3.63, 3.8) is 0 Å². The van der Waals surface area contributed by atoms with Gasteiger partial charge < -0.3 is 10.1 Å². The molecule has 1 N–H and O–H groups in total. The highest BCUT2D eigenvalue weighted by Crippen LogP contribution is 2.13. The minimum absolute atomic E-state index is 0.572. The summed E-state index contributed by atoms with van der Waals surface area (Å²) in [4.78, 5) is 8.07. The van der Waals surface area contributed by atoms with Gasteiger partial charge >= 0.3 is 0 Å². The van der Waals surface area contributed by atoms with Crippen LogP contribution in [0, 0.1) is 5.92 Å². The summed E-state index contributed by atoms with van der Waals surface area (Å²) in [5.74, 6) is 2.65. The molecule has 16 heavy (non-hydrogen) atoms. The highest BCUT2D eigenvalue weighted by atomic mass is 35.5. The summed E-state index contributed by atoms with van der Waals surface area (Å²) in [6.45, 7) is 3.04. The fourth-order valence-electron chi connectivity index (χ4n) is 1.40. The zero-order valence-corrected chi connectivity index (χ0v) is 10.5. The van der Waals surface area contributed by atoms with Gasteiger partial charge in [-0.15, -0.1) is 11.6 Å². The molecular weight excluding hydrogens is 226 g/mol. The maximum absolute atomic E-state index is 5.73. The normalized spacial score (nSPS) is 12.2. The van der Waals surface area contributed by atoms with E-state index in [1.165, 1.54) is 6.33 Å². The van der Waals surface area contributed by atoms with Gasteiger partial charge in [0.15, 0.2) is 0 Å². The number of methoxy groups -OCH3 is 1. The number of halogens is 1. The van der Waals surface area contributed by atoms with Crippen LogP contribution in [0.15, 0.2) is 12.4 Å². The van der Waals surface area contributed by atoms with Crippen LogP contribution in [0.2, 0.25) is 0 Å². The van der Waals surface area contributed by atoms with Gasteiger partial charge in [0, 0.05) is 18.5 Å². The lowest BCUT2D eigenvalue weighted by Crippen LogP contribution is -2.15. The van der Waals surface area contributed by atoms with Crippen LogP contribution in [0.5, 0.6) is 5.88 Å². The summed E-state index contributed by atoms with van der Waals surface area (Å²) >= 11 is 5.73. The van der Waals surface area contributed by atoms with Gasteiger partial charge in [0.1, 0.15) is 12.1 Å². The van der Waals surface area contributed by atoms with Gasteiger partial charge in [-0.3, -0.25) is 0 Å². The number of hydrogen-bond donors (Lipinski definition) is 1. The Hall–Kier alpha value is -1.03. The first-order valence-electron chi connectivity index (χ1n) is 5.46. The zero-order chi connectivity index (χ0) is 11.8. The van der Waals surface area contributed by atoms with E-state index < -0.39 is 0 Å². The molecule has 1 atom stereocenters. The maximum Gasteiger partial charge on any atom is 0.218 e. The third-order valence-corrected chi connectivity index (χ3v) is 2.74. The quantitative estimate of drug-likeness (QED) is 0.748. The van der Waals surface area contributed by atoms with Gasteiger partial charge in [-0.2, -0.15) is 0 Å². The van der Waals surface area contributed by atoms with E-state index >= 15 is 0 Å². The summed E-state index contributed by atoms with van der Waals surface area (Å²) in [7, 11) is 1.59. The molecule has 90 valence electrons. The van der Waals surface area contributed by atoms with Crippen LogP contribution in [0.3, 0.4) is 0 Å². The van der Waals surface area contributed by atoms with E-state index in [9.17, 15) is 0 Å². The van der Waals surface area contributed by atoms with Gasteiger partial charge in [-0.1, -0.05) is 13.3 Å². The van der Waals surface area contributed by atoms with E-state index in [2.05, 4.69) is 22.2 Å². The van der Waals surface area contributed by atoms with Crippen molar-refractivity contribution in [3.8, 4) is 5.88 Å². The number of rotatable bonds is 7. The Morgan fingerprint density at radius 3 is 2.94 bits per heavy atom. The van der Waals surface area contributed by atoms with E-state index in [0.29, 0.717) is 17.7 Å². The average Bonchev–Trinajstić information content (AvgIpc) is 2.34. The number of nitrogens with zero attached hydrogens (tertiary/aromatic N) is 2. The standard InChI is InChI=1S/C11H18ClN3O/c1-3-9(4-5-12)7-13-10-6-11(16-2)15-8-14-10/h6,8-9H,3-5,7H2,1-2H3,(H,13,14,15). The van der Waals surface area contributed by atoms with Crippen molar-refractivity contribution in [1.29, 1.82) is 0 Å². The summed E-state index contributed by atoms with van der Waals surface area (Å²) in [6, 6.07) is 1.79. The van der Waals surface area contributed by atoms with Crippen molar-refractivity contribution in [2.45, 2.75) is 19.8 Å². The fourth-order valence-corrected chi connectivity index (χ4v) is 1.71. The lowest BCUT2D eigenvalue weighted by atomic mass is 10.0. The van der Waals surface area contributed by atoms with Gasteiger partial charge in [0.25, 0.3) is 0 Å². The topological polar surface area (TPSA) is 47.0 Å². The number of aromatic nitrogens is 2. The molecule has 0 radical (unpaired) electrons. The second-order valence-electron chi connectivity index (χ2n) is 3.58. The molecule has 1 aromatic rings. The van der Waals surface area contributed by atoms with Gasteiger partial charge in [-0.05, 0) is 12.3 Å². The molecule has 1 unspecified atom stereocenters. The molecule has 1 aromatic heterocycles. The molecule has 0 fully saturated rings. The predicted octanol–water partition coefficient (Wildman–Crippen LogP) is 2.55. The molecule has 0 bridgehead atoms. The number of ether oxygens (including phenoxy) is 1. The zero-order valence-electron chi connectivity index (χ0n) is 9.74. The second-order valence-corrected chi connectivity index (χ2v) is 3.96. The molecule has 0 amide bonds. The number of nitrogens with one attached hydrogen (secondary N) is 1. The van der Waals surface area contributed by atoms with Crippen LogP contribution in [-0.4, -0.2) is 29.5 Å². The van der Waals surface area contributed by atoms with E-state index in [0.717, 1.165) is 25.2 Å². The van der Waals surface area contributed by atoms with Crippen LogP contribution >= 0.6 is 11.6 Å². The summed E-state index contributed by atoms with van der Waals surface area (Å²) < 4.78 is 5.02. The Morgan fingerprint density at radius 1 is 1.50 bits per heavy atom. The van der Waals surface area contributed by atoms with Crippen molar-refractivity contribution in [2.24, 2.45) is 5.92 Å². The molecule has 5 heteroatoms. The smallest absolute Gasteiger partial charge is 0.218 e. The Labute approximate surface area is 101 Å². The lowest BCUT2D eigenvalue weighted by Gasteiger charge is -2.14. The first kappa shape index (κ1) is 13.0. The summed E-state index contributed by atoms with van der Waals surface area (Å²) in [6.07, 6.45) is 3.62. The molecule has 0 saturated carbocycles. The van der Waals surface area contributed by atoms with E-state index in [4.69, 9.17) is 16.3 Å². The fraction of sp³-hybridized carbons (Fsp3) is 0.636. The average molecular weight is 244 g/mol. The van der Waals surface area contributed by atoms with E-state index in [-0.39, 0.29) is 0 Å². The van der Waals surface area contributed by atoms with Crippen molar-refractivity contribution in [2.75, 3.05) is 24.9 Å². The minimum atomic E-state index is 0.572. The number of alkyl halides is 1. The van der Waals surface area contributed by atoms with Crippen LogP contribution in [0.1, 0.15) is 19.8 Å². The Morgan fingerprint density at radius 2 is 2.31 bits per heavy atom. The molecule has 0 aliphatic rings. The third-order valence-electron chi connectivity index (χ3n) is 2.52. The van der Waals surface area contributed by atoms with Crippen LogP contribution in [0.4, 0.5) is 5.82 Å². The largest absolute Gasteiger partial charge is 0.481 e. The van der Waals surface area contributed by atoms with Crippen LogP contribution < -0.4 is 10.1 Å².